The van der Waals surface area contributed by atoms with Gasteiger partial charge in [0.25, 0.3) is 5.56 Å². The molecule has 2 aromatic carbocycles. The zero-order valence-corrected chi connectivity index (χ0v) is 18.8. The smallest absolute Gasteiger partial charge is 0.261 e. The average molecular weight is 462 g/mol. The number of para-hydroxylation sites is 1. The largest absolute Gasteiger partial charge is 0.497 e. The van der Waals surface area contributed by atoms with Gasteiger partial charge in [-0.2, -0.15) is 11.3 Å². The van der Waals surface area contributed by atoms with E-state index < -0.39 is 0 Å². The Bertz CT molecular complexity index is 1410. The quantitative estimate of drug-likeness (QED) is 0.378. The fraction of sp³-hybridized carbons (Fsp3) is 0.130. The molecule has 3 heterocycles. The number of nitrogens with zero attached hydrogens (tertiary/aromatic N) is 4. The molecule has 0 saturated heterocycles. The molecule has 0 aliphatic carbocycles. The number of fused-ring (bicyclic) bond motifs is 1. The zero-order valence-electron chi connectivity index (χ0n) is 17.2. The van der Waals surface area contributed by atoms with Crippen LogP contribution in [0.25, 0.3) is 10.9 Å². The summed E-state index contributed by atoms with van der Waals surface area (Å²) < 4.78 is 6.90. The van der Waals surface area contributed by atoms with Crippen molar-refractivity contribution in [3.05, 3.63) is 92.1 Å². The van der Waals surface area contributed by atoms with Crippen LogP contribution in [0.3, 0.4) is 0 Å². The fourth-order valence-corrected chi connectivity index (χ4v) is 4.81. The number of ether oxygens (including phenoxy) is 1. The number of hydrogen-bond donors (Lipinski definition) is 1. The minimum absolute atomic E-state index is 0.0688. The first-order valence-corrected chi connectivity index (χ1v) is 11.7. The Labute approximate surface area is 192 Å². The van der Waals surface area contributed by atoms with Gasteiger partial charge in [-0.15, -0.1) is 10.2 Å². The van der Waals surface area contributed by atoms with Gasteiger partial charge in [0.1, 0.15) is 16.6 Å². The van der Waals surface area contributed by atoms with Gasteiger partial charge in [-0.3, -0.25) is 9.36 Å². The molecule has 160 valence electrons. The molecule has 7 nitrogen and oxygen atoms in total. The second kappa shape index (κ2) is 8.89. The maximum absolute atomic E-state index is 13.3. The van der Waals surface area contributed by atoms with Gasteiger partial charge in [0.15, 0.2) is 0 Å². The number of methoxy groups -OCH3 is 1. The predicted molar refractivity (Wildman–Crippen MR) is 128 cm³/mol. The predicted octanol–water partition coefficient (Wildman–Crippen LogP) is 4.70. The fourth-order valence-electron chi connectivity index (χ4n) is 3.39. The SMILES string of the molecule is COc1ccc(Nc2nnc(Cn3c(Cc4ccsc4)nc4ccccc4c3=O)s2)cc1. The first-order chi connectivity index (χ1) is 15.7. The van der Waals surface area contributed by atoms with E-state index in [1.165, 1.54) is 11.3 Å². The van der Waals surface area contributed by atoms with Crippen LogP contribution in [0.1, 0.15) is 16.4 Å². The van der Waals surface area contributed by atoms with Crippen LogP contribution in [0.15, 0.2) is 70.2 Å². The van der Waals surface area contributed by atoms with E-state index in [1.54, 1.807) is 23.0 Å². The normalized spacial score (nSPS) is 11.0. The zero-order chi connectivity index (χ0) is 21.9. The van der Waals surface area contributed by atoms with E-state index in [0.29, 0.717) is 34.8 Å². The van der Waals surface area contributed by atoms with Gasteiger partial charge in [-0.05, 0) is 58.8 Å². The maximum atomic E-state index is 13.3. The first kappa shape index (κ1) is 20.3. The lowest BCUT2D eigenvalue weighted by Crippen LogP contribution is -2.26. The Balaban J connectivity index is 1.45. The van der Waals surface area contributed by atoms with Crippen molar-refractivity contribution in [3.8, 4) is 5.75 Å². The van der Waals surface area contributed by atoms with E-state index in [9.17, 15) is 4.79 Å². The number of anilines is 2. The summed E-state index contributed by atoms with van der Waals surface area (Å²) in [6.45, 7) is 0.318. The molecular weight excluding hydrogens is 442 g/mol. The first-order valence-electron chi connectivity index (χ1n) is 9.92. The van der Waals surface area contributed by atoms with E-state index in [4.69, 9.17) is 9.72 Å². The Hall–Kier alpha value is -3.56. The maximum Gasteiger partial charge on any atom is 0.261 e. The molecule has 32 heavy (non-hydrogen) atoms. The number of aromatic nitrogens is 4. The Morgan fingerprint density at radius 1 is 1.06 bits per heavy atom. The van der Waals surface area contributed by atoms with Gasteiger partial charge < -0.3 is 10.1 Å². The van der Waals surface area contributed by atoms with Crippen molar-refractivity contribution in [1.29, 1.82) is 0 Å². The molecule has 0 spiro atoms. The molecule has 9 heteroatoms. The van der Waals surface area contributed by atoms with Crippen LogP contribution < -0.4 is 15.6 Å². The van der Waals surface area contributed by atoms with Crippen molar-refractivity contribution in [1.82, 2.24) is 19.7 Å². The molecule has 0 unspecified atom stereocenters. The van der Waals surface area contributed by atoms with Crippen LogP contribution in [-0.4, -0.2) is 26.9 Å². The van der Waals surface area contributed by atoms with Gasteiger partial charge >= 0.3 is 0 Å². The van der Waals surface area contributed by atoms with E-state index >= 15 is 0 Å². The van der Waals surface area contributed by atoms with E-state index in [2.05, 4.69) is 27.0 Å². The monoisotopic (exact) mass is 461 g/mol. The van der Waals surface area contributed by atoms with E-state index in [1.807, 2.05) is 53.9 Å². The van der Waals surface area contributed by atoms with Gasteiger partial charge in [0.05, 0.1) is 24.6 Å². The summed E-state index contributed by atoms with van der Waals surface area (Å²) >= 11 is 3.04. The summed E-state index contributed by atoms with van der Waals surface area (Å²) in [5.74, 6) is 1.50. The number of hydrogen-bond acceptors (Lipinski definition) is 8. The molecule has 0 aliphatic heterocycles. The van der Waals surface area contributed by atoms with Crippen LogP contribution in [0, 0.1) is 0 Å². The Morgan fingerprint density at radius 3 is 2.69 bits per heavy atom. The van der Waals surface area contributed by atoms with Crippen molar-refractivity contribution in [2.45, 2.75) is 13.0 Å². The summed E-state index contributed by atoms with van der Waals surface area (Å²) in [5.41, 5.74) is 2.65. The van der Waals surface area contributed by atoms with Crippen molar-refractivity contribution in [2.75, 3.05) is 12.4 Å². The molecule has 1 N–H and O–H groups in total. The highest BCUT2D eigenvalue weighted by molar-refractivity contribution is 7.15. The third-order valence-electron chi connectivity index (χ3n) is 4.98. The minimum atomic E-state index is -0.0688. The molecule has 0 fully saturated rings. The highest BCUT2D eigenvalue weighted by atomic mass is 32.1. The van der Waals surface area contributed by atoms with Gasteiger partial charge in [0, 0.05) is 12.1 Å². The van der Waals surface area contributed by atoms with Crippen LogP contribution in [0.2, 0.25) is 0 Å². The molecule has 0 amide bonds. The van der Waals surface area contributed by atoms with Crippen molar-refractivity contribution >= 4 is 44.4 Å². The highest BCUT2D eigenvalue weighted by Crippen LogP contribution is 2.23. The van der Waals surface area contributed by atoms with Crippen LogP contribution in [0.4, 0.5) is 10.8 Å². The van der Waals surface area contributed by atoms with Crippen LogP contribution in [-0.2, 0) is 13.0 Å². The lowest BCUT2D eigenvalue weighted by Gasteiger charge is -2.12. The summed E-state index contributed by atoms with van der Waals surface area (Å²) in [4.78, 5) is 18.1. The number of benzene rings is 2. The molecular formula is C23H19N5O2S2. The number of thiophene rings is 1. The summed E-state index contributed by atoms with van der Waals surface area (Å²) in [7, 11) is 1.63. The Morgan fingerprint density at radius 2 is 1.91 bits per heavy atom. The average Bonchev–Trinajstić information content (AvgIpc) is 3.49. The molecule has 3 aromatic heterocycles. The molecule has 0 atom stereocenters. The van der Waals surface area contributed by atoms with E-state index in [0.717, 1.165) is 22.0 Å². The van der Waals surface area contributed by atoms with E-state index in [-0.39, 0.29) is 5.56 Å². The second-order valence-electron chi connectivity index (χ2n) is 7.10. The van der Waals surface area contributed by atoms with Crippen molar-refractivity contribution in [3.63, 3.8) is 0 Å². The molecule has 5 aromatic rings. The molecule has 5 rings (SSSR count). The second-order valence-corrected chi connectivity index (χ2v) is 8.94. The van der Waals surface area contributed by atoms with Gasteiger partial charge in [0.2, 0.25) is 5.13 Å². The summed E-state index contributed by atoms with van der Waals surface area (Å²) in [6.07, 6.45) is 0.583. The lowest BCUT2D eigenvalue weighted by molar-refractivity contribution is 0.415. The van der Waals surface area contributed by atoms with Crippen LogP contribution in [0.5, 0.6) is 5.75 Å². The Kier molecular flexibility index (Phi) is 5.66. The number of nitrogens with one attached hydrogen (secondary N) is 1. The highest BCUT2D eigenvalue weighted by Gasteiger charge is 2.14. The summed E-state index contributed by atoms with van der Waals surface area (Å²) in [6, 6.07) is 17.1. The van der Waals surface area contributed by atoms with Gasteiger partial charge in [-0.25, -0.2) is 4.98 Å². The van der Waals surface area contributed by atoms with Gasteiger partial charge in [-0.1, -0.05) is 23.5 Å². The molecule has 0 bridgehead atoms. The lowest BCUT2D eigenvalue weighted by atomic mass is 10.2. The molecule has 0 saturated carbocycles. The third-order valence-corrected chi connectivity index (χ3v) is 6.54. The standard InChI is InChI=1S/C23H19N5O2S2/c1-30-17-8-6-16(7-9-17)24-23-27-26-21(32-23)13-28-20(12-15-10-11-31-14-15)25-19-5-3-2-4-18(19)22(28)29/h2-11,14H,12-13H2,1H3,(H,24,27). The van der Waals surface area contributed by atoms with Crippen molar-refractivity contribution < 1.29 is 4.74 Å². The topological polar surface area (TPSA) is 81.9 Å². The molecule has 0 radical (unpaired) electrons. The summed E-state index contributed by atoms with van der Waals surface area (Å²) in [5, 5.41) is 17.9. The van der Waals surface area contributed by atoms with Crippen LogP contribution >= 0.6 is 22.7 Å². The third kappa shape index (κ3) is 4.25. The van der Waals surface area contributed by atoms with Crippen molar-refractivity contribution in [2.24, 2.45) is 0 Å². The minimum Gasteiger partial charge on any atom is -0.497 e. The molecule has 0 aliphatic rings. The number of rotatable bonds is 7.